The van der Waals surface area contributed by atoms with E-state index < -0.39 is 6.10 Å². The average molecular weight is 380 g/mol. The summed E-state index contributed by atoms with van der Waals surface area (Å²) in [6, 6.07) is 1.79. The first-order chi connectivity index (χ1) is 11.0. The Kier molecular flexibility index (Phi) is 3.25. The first-order valence-electron chi connectivity index (χ1n) is 7.68. The van der Waals surface area contributed by atoms with Crippen LogP contribution in [0.4, 0.5) is 0 Å². The second kappa shape index (κ2) is 4.98. The van der Waals surface area contributed by atoms with E-state index in [0.717, 1.165) is 16.5 Å². The number of aliphatic hydroxyl groups is 1. The van der Waals surface area contributed by atoms with Crippen molar-refractivity contribution in [2.24, 2.45) is 0 Å². The highest BCUT2D eigenvalue weighted by Crippen LogP contribution is 2.57. The first kappa shape index (κ1) is 15.0. The van der Waals surface area contributed by atoms with E-state index in [-0.39, 0.29) is 17.4 Å². The second-order valence-electron chi connectivity index (χ2n) is 6.43. The van der Waals surface area contributed by atoms with Crippen molar-refractivity contribution in [1.82, 2.24) is 4.90 Å². The van der Waals surface area contributed by atoms with Gasteiger partial charge in [0.1, 0.15) is 6.10 Å². The maximum Gasteiger partial charge on any atom is 0.255 e. The van der Waals surface area contributed by atoms with Crippen LogP contribution in [0.3, 0.4) is 0 Å². The standard InChI is InChI=1S/C17H18BrNO4/c1-19-6-5-17-4-3-9(20)7-12(17)23-15-11(22-2)8-10(18)13(14(15)17)16(19)21/h3-4,8-9,12,20H,5-7H2,1-2H3/t9-,12-,17-/m0/s1. The van der Waals surface area contributed by atoms with E-state index in [0.29, 0.717) is 30.0 Å². The minimum Gasteiger partial charge on any atom is -0.493 e. The van der Waals surface area contributed by atoms with Gasteiger partial charge in [0.2, 0.25) is 0 Å². The molecule has 122 valence electrons. The molecule has 1 spiro atoms. The van der Waals surface area contributed by atoms with Crippen LogP contribution in [-0.2, 0) is 5.41 Å². The van der Waals surface area contributed by atoms with Crippen LogP contribution in [-0.4, -0.2) is 48.8 Å². The first-order valence-corrected chi connectivity index (χ1v) is 8.47. The van der Waals surface area contributed by atoms with Gasteiger partial charge in [-0.2, -0.15) is 0 Å². The third-order valence-corrected chi connectivity index (χ3v) is 5.84. The summed E-state index contributed by atoms with van der Waals surface area (Å²) in [6.07, 6.45) is 4.43. The fourth-order valence-corrected chi connectivity index (χ4v) is 4.56. The summed E-state index contributed by atoms with van der Waals surface area (Å²) in [5.41, 5.74) is 1.15. The van der Waals surface area contributed by atoms with E-state index >= 15 is 0 Å². The van der Waals surface area contributed by atoms with Gasteiger partial charge in [-0.1, -0.05) is 12.2 Å². The number of halogens is 1. The van der Waals surface area contributed by atoms with Crippen LogP contribution < -0.4 is 9.47 Å². The van der Waals surface area contributed by atoms with Crippen LogP contribution >= 0.6 is 15.9 Å². The number of hydrogen-bond acceptors (Lipinski definition) is 4. The lowest BCUT2D eigenvalue weighted by Crippen LogP contribution is -2.42. The van der Waals surface area contributed by atoms with Gasteiger partial charge in [0.25, 0.3) is 5.91 Å². The molecule has 2 heterocycles. The highest BCUT2D eigenvalue weighted by Gasteiger charge is 2.54. The van der Waals surface area contributed by atoms with Gasteiger partial charge in [-0.05, 0) is 28.4 Å². The Hall–Kier alpha value is -1.53. The van der Waals surface area contributed by atoms with Crippen molar-refractivity contribution in [2.45, 2.75) is 30.5 Å². The molecule has 1 aromatic rings. The molecule has 0 bridgehead atoms. The third kappa shape index (κ3) is 1.91. The average Bonchev–Trinajstić information content (AvgIpc) is 2.80. The molecule has 0 saturated heterocycles. The molecule has 5 nitrogen and oxygen atoms in total. The Bertz CT molecular complexity index is 732. The van der Waals surface area contributed by atoms with Crippen molar-refractivity contribution in [3.63, 3.8) is 0 Å². The van der Waals surface area contributed by atoms with E-state index in [9.17, 15) is 9.90 Å². The van der Waals surface area contributed by atoms with Crippen molar-refractivity contribution >= 4 is 21.8 Å². The van der Waals surface area contributed by atoms with Gasteiger partial charge in [-0.25, -0.2) is 0 Å². The number of methoxy groups -OCH3 is 1. The summed E-state index contributed by atoms with van der Waals surface area (Å²) in [6.45, 7) is 0.641. The summed E-state index contributed by atoms with van der Waals surface area (Å²) >= 11 is 3.53. The van der Waals surface area contributed by atoms with Crippen molar-refractivity contribution in [3.8, 4) is 11.5 Å². The molecular formula is C17H18BrNO4. The monoisotopic (exact) mass is 379 g/mol. The summed E-state index contributed by atoms with van der Waals surface area (Å²) < 4.78 is 12.4. The Morgan fingerprint density at radius 3 is 3.04 bits per heavy atom. The lowest BCUT2D eigenvalue weighted by molar-refractivity contribution is 0.0730. The van der Waals surface area contributed by atoms with Crippen LogP contribution in [0, 0.1) is 0 Å². The smallest absolute Gasteiger partial charge is 0.255 e. The molecule has 1 N–H and O–H groups in total. The summed E-state index contributed by atoms with van der Waals surface area (Å²) in [5.74, 6) is 1.24. The molecule has 2 aliphatic heterocycles. The largest absolute Gasteiger partial charge is 0.493 e. The molecule has 4 rings (SSSR count). The Balaban J connectivity index is 2.05. The zero-order valence-corrected chi connectivity index (χ0v) is 14.6. The van der Waals surface area contributed by atoms with Gasteiger partial charge in [-0.3, -0.25) is 4.79 Å². The number of aliphatic hydroxyl groups excluding tert-OH is 1. The zero-order chi connectivity index (χ0) is 16.4. The molecule has 1 aliphatic carbocycles. The molecular weight excluding hydrogens is 362 g/mol. The lowest BCUT2D eigenvalue weighted by Gasteiger charge is -2.35. The number of benzene rings is 1. The van der Waals surface area contributed by atoms with Crippen molar-refractivity contribution < 1.29 is 19.4 Å². The minimum absolute atomic E-state index is 0.0172. The Labute approximate surface area is 143 Å². The molecule has 3 atom stereocenters. The molecule has 23 heavy (non-hydrogen) atoms. The topological polar surface area (TPSA) is 59.0 Å². The van der Waals surface area contributed by atoms with Gasteiger partial charge >= 0.3 is 0 Å². The number of nitrogens with zero attached hydrogens (tertiary/aromatic N) is 1. The quantitative estimate of drug-likeness (QED) is 0.760. The van der Waals surface area contributed by atoms with Gasteiger partial charge in [0, 0.05) is 30.0 Å². The van der Waals surface area contributed by atoms with Crippen LogP contribution in [0.1, 0.15) is 28.8 Å². The van der Waals surface area contributed by atoms with E-state index in [2.05, 4.69) is 15.9 Å². The highest BCUT2D eigenvalue weighted by atomic mass is 79.9. The number of amides is 1. The van der Waals surface area contributed by atoms with Crippen molar-refractivity contribution in [3.05, 3.63) is 33.8 Å². The maximum absolute atomic E-state index is 12.8. The molecule has 1 amide bonds. The normalized spacial score (nSPS) is 31.3. The minimum atomic E-state index is -0.519. The van der Waals surface area contributed by atoms with Crippen LogP contribution in [0.2, 0.25) is 0 Å². The highest BCUT2D eigenvalue weighted by molar-refractivity contribution is 9.10. The zero-order valence-electron chi connectivity index (χ0n) is 13.0. The third-order valence-electron chi connectivity index (χ3n) is 5.21. The van der Waals surface area contributed by atoms with Gasteiger partial charge in [0.05, 0.1) is 24.2 Å². The molecule has 0 radical (unpaired) electrons. The predicted octanol–water partition coefficient (Wildman–Crippen LogP) is 2.25. The Morgan fingerprint density at radius 1 is 1.52 bits per heavy atom. The molecule has 0 fully saturated rings. The molecule has 0 saturated carbocycles. The second-order valence-corrected chi connectivity index (χ2v) is 7.28. The van der Waals surface area contributed by atoms with E-state index in [1.54, 1.807) is 18.1 Å². The molecule has 3 aliphatic rings. The van der Waals surface area contributed by atoms with Gasteiger partial charge in [-0.15, -0.1) is 0 Å². The SMILES string of the molecule is COc1cc(Br)c2c3c1O[C@H]1C[C@@H](O)C=C[C@@]31CCN(C)C2=O. The van der Waals surface area contributed by atoms with E-state index in [1.807, 2.05) is 19.2 Å². The molecule has 0 aromatic heterocycles. The molecule has 1 aromatic carbocycles. The fourth-order valence-electron chi connectivity index (χ4n) is 3.98. The number of ether oxygens (including phenoxy) is 2. The lowest BCUT2D eigenvalue weighted by atomic mass is 9.69. The van der Waals surface area contributed by atoms with E-state index in [4.69, 9.17) is 9.47 Å². The van der Waals surface area contributed by atoms with Crippen LogP contribution in [0.15, 0.2) is 22.7 Å². The van der Waals surface area contributed by atoms with Crippen molar-refractivity contribution in [1.29, 1.82) is 0 Å². The summed E-state index contributed by atoms with van der Waals surface area (Å²) in [7, 11) is 3.42. The van der Waals surface area contributed by atoms with E-state index in [1.165, 1.54) is 0 Å². The van der Waals surface area contributed by atoms with Crippen molar-refractivity contribution in [2.75, 3.05) is 20.7 Å². The van der Waals surface area contributed by atoms with Crippen LogP contribution in [0.25, 0.3) is 0 Å². The summed E-state index contributed by atoms with van der Waals surface area (Å²) in [5, 5.41) is 10.0. The Morgan fingerprint density at radius 2 is 2.30 bits per heavy atom. The maximum atomic E-state index is 12.8. The number of carbonyl (C=O) groups is 1. The summed E-state index contributed by atoms with van der Waals surface area (Å²) in [4.78, 5) is 14.6. The number of hydrogen-bond donors (Lipinski definition) is 1. The molecule has 6 heteroatoms. The molecule has 0 unspecified atom stereocenters. The fraction of sp³-hybridized carbons (Fsp3) is 0.471. The van der Waals surface area contributed by atoms with Crippen LogP contribution in [0.5, 0.6) is 11.5 Å². The number of carbonyl (C=O) groups excluding carboxylic acids is 1. The number of rotatable bonds is 1. The van der Waals surface area contributed by atoms with Gasteiger partial charge in [0.15, 0.2) is 11.5 Å². The predicted molar refractivity (Wildman–Crippen MR) is 88.1 cm³/mol. The van der Waals surface area contributed by atoms with Gasteiger partial charge < -0.3 is 19.5 Å².